The molecule has 0 fully saturated rings. The van der Waals surface area contributed by atoms with Gasteiger partial charge in [0.25, 0.3) is 0 Å². The van der Waals surface area contributed by atoms with Crippen LogP contribution in [0.2, 0.25) is 0 Å². The summed E-state index contributed by atoms with van der Waals surface area (Å²) in [5.41, 5.74) is 0.623. The molecule has 1 aromatic carbocycles. The highest BCUT2D eigenvalue weighted by Crippen LogP contribution is 2.10. The third kappa shape index (κ3) is 4.63. The van der Waals surface area contributed by atoms with Gasteiger partial charge in [-0.15, -0.1) is 0 Å². The van der Waals surface area contributed by atoms with Crippen molar-refractivity contribution in [1.29, 1.82) is 0 Å². The highest BCUT2D eigenvalue weighted by molar-refractivity contribution is 14.1. The number of benzene rings is 1. The highest BCUT2D eigenvalue weighted by Gasteiger charge is 2.03. The van der Waals surface area contributed by atoms with Crippen LogP contribution in [0.5, 0.6) is 0 Å². The zero-order valence-electron chi connectivity index (χ0n) is 7.66. The number of anilines is 1. The van der Waals surface area contributed by atoms with Gasteiger partial charge in [-0.05, 0) is 46.9 Å². The maximum absolute atomic E-state index is 11.1. The predicted molar refractivity (Wildman–Crippen MR) is 63.8 cm³/mol. The molecule has 0 bridgehead atoms. The summed E-state index contributed by atoms with van der Waals surface area (Å²) in [5.74, 6) is -1.08. The van der Waals surface area contributed by atoms with E-state index in [1.807, 2.05) is 12.1 Å². The fourth-order valence-electron chi connectivity index (χ4n) is 0.864. The third-order valence-electron chi connectivity index (χ3n) is 1.50. The monoisotopic (exact) mass is 320 g/mol. The summed E-state index contributed by atoms with van der Waals surface area (Å²) >= 11 is 2.15. The number of aliphatic carboxylic acids is 1. The molecule has 0 saturated heterocycles. The second-order valence-electron chi connectivity index (χ2n) is 2.71. The molecule has 0 saturated carbocycles. The van der Waals surface area contributed by atoms with Crippen molar-refractivity contribution < 1.29 is 14.7 Å². The fraction of sp³-hybridized carbons (Fsp3) is 0.111. The van der Waals surface area contributed by atoms with E-state index in [1.165, 1.54) is 0 Å². The van der Waals surface area contributed by atoms with Gasteiger partial charge in [0, 0.05) is 9.26 Å². The highest BCUT2D eigenvalue weighted by atomic mass is 127. The van der Waals surface area contributed by atoms with E-state index in [9.17, 15) is 9.59 Å². The summed E-state index contributed by atoms with van der Waals surface area (Å²) in [5, 5.41) is 13.0. The van der Waals surface area contributed by atoms with Gasteiger partial charge in [-0.3, -0.25) is 4.79 Å². The summed E-state index contributed by atoms with van der Waals surface area (Å²) < 4.78 is 1.06. The van der Waals surface area contributed by atoms with Crippen LogP contribution in [0.25, 0.3) is 0 Å². The molecule has 0 unspecified atom stereocenters. The molecule has 0 aliphatic carbocycles. The number of rotatable bonds is 3. The van der Waals surface area contributed by atoms with E-state index in [2.05, 4.69) is 33.2 Å². The molecule has 0 atom stereocenters. The summed E-state index contributed by atoms with van der Waals surface area (Å²) in [6, 6.07) is 6.63. The van der Waals surface area contributed by atoms with Gasteiger partial charge in [-0.25, -0.2) is 4.79 Å². The van der Waals surface area contributed by atoms with Gasteiger partial charge in [0.15, 0.2) is 0 Å². The average Bonchev–Trinajstić information content (AvgIpc) is 2.19. The first-order valence-electron chi connectivity index (χ1n) is 4.10. The Morgan fingerprint density at radius 3 is 2.40 bits per heavy atom. The number of carboxylic acids is 1. The third-order valence-corrected chi connectivity index (χ3v) is 2.22. The average molecular weight is 320 g/mol. The SMILES string of the molecule is O=C(O)CNC(=O)Nc1ccc(I)cc1. The van der Waals surface area contributed by atoms with E-state index in [0.29, 0.717) is 5.69 Å². The molecule has 0 aliphatic rings. The number of hydrogen-bond acceptors (Lipinski definition) is 2. The van der Waals surface area contributed by atoms with Gasteiger partial charge < -0.3 is 15.7 Å². The van der Waals surface area contributed by atoms with Gasteiger partial charge in [0.2, 0.25) is 0 Å². The maximum atomic E-state index is 11.1. The Balaban J connectivity index is 2.44. The number of carbonyl (C=O) groups is 2. The molecule has 1 rings (SSSR count). The zero-order chi connectivity index (χ0) is 11.3. The minimum Gasteiger partial charge on any atom is -0.480 e. The number of carbonyl (C=O) groups excluding carboxylic acids is 1. The quantitative estimate of drug-likeness (QED) is 0.739. The predicted octanol–water partition coefficient (Wildman–Crippen LogP) is 1.50. The van der Waals surface area contributed by atoms with Crippen LogP contribution < -0.4 is 10.6 Å². The summed E-state index contributed by atoms with van der Waals surface area (Å²) in [4.78, 5) is 21.3. The molecule has 0 aromatic heterocycles. The van der Waals surface area contributed by atoms with Crippen LogP contribution in [0, 0.1) is 3.57 Å². The lowest BCUT2D eigenvalue weighted by Gasteiger charge is -2.05. The second kappa shape index (κ2) is 5.54. The van der Waals surface area contributed by atoms with Gasteiger partial charge in [0.1, 0.15) is 6.54 Å². The van der Waals surface area contributed by atoms with Crippen LogP contribution in [0.1, 0.15) is 0 Å². The number of amides is 2. The minimum absolute atomic E-state index is 0.393. The van der Waals surface area contributed by atoms with Gasteiger partial charge in [-0.1, -0.05) is 0 Å². The molecule has 1 aromatic rings. The minimum atomic E-state index is -1.08. The van der Waals surface area contributed by atoms with Crippen LogP contribution in [-0.2, 0) is 4.79 Å². The number of urea groups is 1. The number of nitrogens with one attached hydrogen (secondary N) is 2. The summed E-state index contributed by atoms with van der Waals surface area (Å²) in [6.07, 6.45) is 0. The Hall–Kier alpha value is -1.31. The molecule has 0 aliphatic heterocycles. The smallest absolute Gasteiger partial charge is 0.323 e. The summed E-state index contributed by atoms with van der Waals surface area (Å²) in [7, 11) is 0. The Labute approximate surface area is 100 Å². The van der Waals surface area contributed by atoms with Crippen molar-refractivity contribution in [3.63, 3.8) is 0 Å². The van der Waals surface area contributed by atoms with Crippen molar-refractivity contribution in [2.45, 2.75) is 0 Å². The van der Waals surface area contributed by atoms with E-state index in [4.69, 9.17) is 5.11 Å². The molecular formula is C9H9IN2O3. The molecular weight excluding hydrogens is 311 g/mol. The first-order chi connectivity index (χ1) is 7.08. The lowest BCUT2D eigenvalue weighted by molar-refractivity contribution is -0.135. The molecule has 6 heteroatoms. The van der Waals surface area contributed by atoms with Crippen molar-refractivity contribution in [3.8, 4) is 0 Å². The largest absolute Gasteiger partial charge is 0.480 e. The van der Waals surface area contributed by atoms with Crippen LogP contribution in [0.3, 0.4) is 0 Å². The maximum Gasteiger partial charge on any atom is 0.323 e. The fourth-order valence-corrected chi connectivity index (χ4v) is 1.22. The van der Waals surface area contributed by atoms with Gasteiger partial charge in [0.05, 0.1) is 0 Å². The number of halogens is 1. The van der Waals surface area contributed by atoms with E-state index in [-0.39, 0.29) is 0 Å². The van der Waals surface area contributed by atoms with Crippen LogP contribution in [0.4, 0.5) is 10.5 Å². The van der Waals surface area contributed by atoms with Crippen molar-refractivity contribution >= 4 is 40.3 Å². The van der Waals surface area contributed by atoms with Gasteiger partial charge >= 0.3 is 12.0 Å². The molecule has 15 heavy (non-hydrogen) atoms. The lowest BCUT2D eigenvalue weighted by Crippen LogP contribution is -2.33. The Bertz CT molecular complexity index is 364. The second-order valence-corrected chi connectivity index (χ2v) is 3.95. The van der Waals surface area contributed by atoms with E-state index in [1.54, 1.807) is 12.1 Å². The van der Waals surface area contributed by atoms with Crippen LogP contribution >= 0.6 is 22.6 Å². The van der Waals surface area contributed by atoms with E-state index >= 15 is 0 Å². The molecule has 2 amide bonds. The van der Waals surface area contributed by atoms with Crippen molar-refractivity contribution in [1.82, 2.24) is 5.32 Å². The topological polar surface area (TPSA) is 78.4 Å². The van der Waals surface area contributed by atoms with Crippen molar-refractivity contribution in [2.75, 3.05) is 11.9 Å². The summed E-state index contributed by atoms with van der Waals surface area (Å²) in [6.45, 7) is -0.393. The molecule has 3 N–H and O–H groups in total. The Morgan fingerprint density at radius 1 is 1.27 bits per heavy atom. The number of carboxylic acid groups (broad SMARTS) is 1. The zero-order valence-corrected chi connectivity index (χ0v) is 9.82. The van der Waals surface area contributed by atoms with Crippen molar-refractivity contribution in [3.05, 3.63) is 27.8 Å². The van der Waals surface area contributed by atoms with Crippen LogP contribution in [0.15, 0.2) is 24.3 Å². The van der Waals surface area contributed by atoms with Gasteiger partial charge in [-0.2, -0.15) is 0 Å². The van der Waals surface area contributed by atoms with E-state index < -0.39 is 18.5 Å². The molecule has 0 heterocycles. The standard InChI is InChI=1S/C9H9IN2O3/c10-6-1-3-7(4-2-6)12-9(15)11-5-8(13)14/h1-4H,5H2,(H,13,14)(H2,11,12,15). The Kier molecular flexibility index (Phi) is 4.35. The van der Waals surface area contributed by atoms with Crippen molar-refractivity contribution in [2.24, 2.45) is 0 Å². The molecule has 80 valence electrons. The normalized spacial score (nSPS) is 9.40. The van der Waals surface area contributed by atoms with Crippen LogP contribution in [-0.4, -0.2) is 23.7 Å². The first-order valence-corrected chi connectivity index (χ1v) is 5.18. The first kappa shape index (κ1) is 11.8. The molecule has 5 nitrogen and oxygen atoms in total. The molecule has 0 radical (unpaired) electrons. The van der Waals surface area contributed by atoms with E-state index in [0.717, 1.165) is 3.57 Å². The Morgan fingerprint density at radius 2 is 1.87 bits per heavy atom. The number of hydrogen-bond donors (Lipinski definition) is 3. The molecule has 0 spiro atoms. The lowest BCUT2D eigenvalue weighted by atomic mass is 10.3.